The summed E-state index contributed by atoms with van der Waals surface area (Å²) in [6, 6.07) is 5.42. The lowest BCUT2D eigenvalue weighted by Crippen LogP contribution is -2.10. The molecule has 2 heterocycles. The number of hydrogen-bond acceptors (Lipinski definition) is 4. The highest BCUT2D eigenvalue weighted by Crippen LogP contribution is 2.08. The maximum Gasteiger partial charge on any atom is 0.235 e. The average molecular weight is 178 g/mol. The molecule has 0 amide bonds. The zero-order valence-electron chi connectivity index (χ0n) is 7.05. The summed E-state index contributed by atoms with van der Waals surface area (Å²) in [7, 11) is 0. The van der Waals surface area contributed by atoms with Crippen LogP contribution in [0.3, 0.4) is 0 Å². The van der Waals surface area contributed by atoms with Gasteiger partial charge in [-0.2, -0.15) is 0 Å². The molecule has 0 saturated heterocycles. The van der Waals surface area contributed by atoms with Crippen LogP contribution in [0.5, 0.6) is 0 Å². The van der Waals surface area contributed by atoms with Crippen LogP contribution in [0.15, 0.2) is 29.4 Å². The highest BCUT2D eigenvalue weighted by atomic mass is 16.5. The van der Waals surface area contributed by atoms with Crippen molar-refractivity contribution in [3.8, 4) is 0 Å². The highest BCUT2D eigenvalue weighted by Gasteiger charge is 2.19. The second kappa shape index (κ2) is 3.53. The molecule has 13 heavy (non-hydrogen) atoms. The maximum absolute atomic E-state index is 8.82. The molecule has 1 aromatic heterocycles. The van der Waals surface area contributed by atoms with Crippen LogP contribution in [0.25, 0.3) is 0 Å². The first-order chi connectivity index (χ1) is 6.40. The third kappa shape index (κ3) is 1.67. The SMILES string of the molecule is OC[C@H]1COC(c2ccccn2)=N1. The minimum Gasteiger partial charge on any atom is -0.474 e. The number of aromatic nitrogens is 1. The summed E-state index contributed by atoms with van der Waals surface area (Å²) >= 11 is 0. The number of hydrogen-bond donors (Lipinski definition) is 1. The van der Waals surface area contributed by atoms with Crippen molar-refractivity contribution < 1.29 is 9.84 Å². The van der Waals surface area contributed by atoms with Gasteiger partial charge in [-0.3, -0.25) is 4.98 Å². The van der Waals surface area contributed by atoms with Gasteiger partial charge < -0.3 is 9.84 Å². The van der Waals surface area contributed by atoms with Gasteiger partial charge in [0.2, 0.25) is 5.90 Å². The smallest absolute Gasteiger partial charge is 0.235 e. The van der Waals surface area contributed by atoms with E-state index in [9.17, 15) is 0 Å². The Morgan fingerprint density at radius 2 is 2.46 bits per heavy atom. The van der Waals surface area contributed by atoms with Crippen molar-refractivity contribution in [2.24, 2.45) is 4.99 Å². The molecule has 68 valence electrons. The van der Waals surface area contributed by atoms with Crippen molar-refractivity contribution in [1.29, 1.82) is 0 Å². The third-order valence-electron chi connectivity index (χ3n) is 1.81. The first-order valence-corrected chi connectivity index (χ1v) is 4.13. The van der Waals surface area contributed by atoms with E-state index in [1.165, 1.54) is 0 Å². The Bertz CT molecular complexity index is 311. The van der Waals surface area contributed by atoms with Gasteiger partial charge in [-0.15, -0.1) is 0 Å². The minimum absolute atomic E-state index is 0.0241. The van der Waals surface area contributed by atoms with E-state index in [1.54, 1.807) is 6.20 Å². The number of aliphatic imine (C=N–C) groups is 1. The molecule has 1 aromatic rings. The van der Waals surface area contributed by atoms with E-state index in [-0.39, 0.29) is 12.6 Å². The molecule has 0 aliphatic carbocycles. The zero-order valence-corrected chi connectivity index (χ0v) is 7.05. The molecule has 1 N–H and O–H groups in total. The van der Waals surface area contributed by atoms with Crippen LogP contribution in [0, 0.1) is 0 Å². The summed E-state index contributed by atoms with van der Waals surface area (Å²) in [6.07, 6.45) is 1.69. The predicted molar refractivity (Wildman–Crippen MR) is 47.6 cm³/mol. The van der Waals surface area contributed by atoms with Crippen LogP contribution in [-0.4, -0.2) is 35.2 Å². The monoisotopic (exact) mass is 178 g/mol. The standard InChI is InChI=1S/C9H10N2O2/c12-5-7-6-13-9(11-7)8-3-1-2-4-10-8/h1-4,7,12H,5-6H2/t7-/m0/s1. The number of rotatable bonds is 2. The van der Waals surface area contributed by atoms with Crippen LogP contribution in [-0.2, 0) is 4.74 Å². The van der Waals surface area contributed by atoms with Gasteiger partial charge in [0.05, 0.1) is 6.61 Å². The van der Waals surface area contributed by atoms with E-state index >= 15 is 0 Å². The molecule has 0 aromatic carbocycles. The lowest BCUT2D eigenvalue weighted by Gasteiger charge is -1.98. The summed E-state index contributed by atoms with van der Waals surface area (Å²) in [6.45, 7) is 0.471. The Hall–Kier alpha value is -1.42. The molecule has 4 heteroatoms. The molecule has 1 aliphatic rings. The van der Waals surface area contributed by atoms with Crippen molar-refractivity contribution >= 4 is 5.90 Å². The maximum atomic E-state index is 8.82. The van der Waals surface area contributed by atoms with Crippen LogP contribution in [0.4, 0.5) is 0 Å². The zero-order chi connectivity index (χ0) is 9.10. The largest absolute Gasteiger partial charge is 0.474 e. The number of pyridine rings is 1. The first kappa shape index (κ1) is 8.19. The highest BCUT2D eigenvalue weighted by molar-refractivity contribution is 5.93. The molecule has 4 nitrogen and oxygen atoms in total. The Morgan fingerprint density at radius 1 is 1.54 bits per heavy atom. The summed E-state index contributed by atoms with van der Waals surface area (Å²) in [5.41, 5.74) is 0.721. The fraction of sp³-hybridized carbons (Fsp3) is 0.333. The van der Waals surface area contributed by atoms with Gasteiger partial charge in [0, 0.05) is 6.20 Å². The molecule has 0 radical (unpaired) electrons. The van der Waals surface area contributed by atoms with Crippen molar-refractivity contribution in [1.82, 2.24) is 4.98 Å². The molecule has 2 rings (SSSR count). The fourth-order valence-corrected chi connectivity index (χ4v) is 1.14. The minimum atomic E-state index is -0.128. The fourth-order valence-electron chi connectivity index (χ4n) is 1.14. The molecule has 1 atom stereocenters. The second-order valence-electron chi connectivity index (χ2n) is 2.80. The molecular weight excluding hydrogens is 168 g/mol. The number of ether oxygens (including phenoxy) is 1. The van der Waals surface area contributed by atoms with Gasteiger partial charge >= 0.3 is 0 Å². The summed E-state index contributed by atoms with van der Waals surface area (Å²) < 4.78 is 5.27. The van der Waals surface area contributed by atoms with Gasteiger partial charge in [0.1, 0.15) is 18.3 Å². The third-order valence-corrected chi connectivity index (χ3v) is 1.81. The molecule has 0 spiro atoms. The second-order valence-corrected chi connectivity index (χ2v) is 2.80. The molecule has 1 aliphatic heterocycles. The van der Waals surface area contributed by atoms with Crippen LogP contribution >= 0.6 is 0 Å². The Balaban J connectivity index is 2.19. The number of nitrogens with zero attached hydrogens (tertiary/aromatic N) is 2. The number of aliphatic hydroxyl groups excluding tert-OH is 1. The lowest BCUT2D eigenvalue weighted by molar-refractivity contribution is 0.227. The lowest BCUT2D eigenvalue weighted by atomic mass is 10.3. The topological polar surface area (TPSA) is 54.7 Å². The van der Waals surface area contributed by atoms with E-state index in [0.29, 0.717) is 12.5 Å². The normalized spacial score (nSPS) is 21.0. The predicted octanol–water partition coefficient (Wildman–Crippen LogP) is 0.219. The van der Waals surface area contributed by atoms with Crippen LogP contribution in [0.2, 0.25) is 0 Å². The van der Waals surface area contributed by atoms with Crippen molar-refractivity contribution in [3.63, 3.8) is 0 Å². The average Bonchev–Trinajstić information content (AvgIpc) is 2.67. The Kier molecular flexibility index (Phi) is 2.23. The van der Waals surface area contributed by atoms with Gasteiger partial charge in [0.25, 0.3) is 0 Å². The number of aliphatic hydroxyl groups is 1. The molecule has 0 fully saturated rings. The van der Waals surface area contributed by atoms with Crippen molar-refractivity contribution in [3.05, 3.63) is 30.1 Å². The van der Waals surface area contributed by atoms with Crippen LogP contribution < -0.4 is 0 Å². The molecule has 0 saturated carbocycles. The van der Waals surface area contributed by atoms with Crippen LogP contribution in [0.1, 0.15) is 5.69 Å². The molecular formula is C9H10N2O2. The Labute approximate surface area is 75.9 Å². The van der Waals surface area contributed by atoms with E-state index in [4.69, 9.17) is 9.84 Å². The van der Waals surface area contributed by atoms with E-state index in [2.05, 4.69) is 9.98 Å². The van der Waals surface area contributed by atoms with Gasteiger partial charge in [-0.05, 0) is 12.1 Å². The van der Waals surface area contributed by atoms with Crippen molar-refractivity contribution in [2.75, 3.05) is 13.2 Å². The van der Waals surface area contributed by atoms with Gasteiger partial charge in [0.15, 0.2) is 0 Å². The Morgan fingerprint density at radius 3 is 3.08 bits per heavy atom. The first-order valence-electron chi connectivity index (χ1n) is 4.13. The van der Waals surface area contributed by atoms with Gasteiger partial charge in [-0.25, -0.2) is 4.99 Å². The van der Waals surface area contributed by atoms with Gasteiger partial charge in [-0.1, -0.05) is 6.07 Å². The molecule has 0 unspecified atom stereocenters. The summed E-state index contributed by atoms with van der Waals surface area (Å²) in [5, 5.41) is 8.82. The summed E-state index contributed by atoms with van der Waals surface area (Å²) in [5.74, 6) is 0.527. The van der Waals surface area contributed by atoms with Crippen molar-refractivity contribution in [2.45, 2.75) is 6.04 Å². The quantitative estimate of drug-likeness (QED) is 0.704. The van der Waals surface area contributed by atoms with E-state index in [0.717, 1.165) is 5.69 Å². The summed E-state index contributed by atoms with van der Waals surface area (Å²) in [4.78, 5) is 8.25. The van der Waals surface area contributed by atoms with E-state index in [1.807, 2.05) is 18.2 Å². The molecule has 0 bridgehead atoms. The van der Waals surface area contributed by atoms with E-state index < -0.39 is 0 Å².